The number of aryl methyl sites for hydroxylation is 2. The Morgan fingerprint density at radius 1 is 1.12 bits per heavy atom. The first-order valence-electron chi connectivity index (χ1n) is 9.07. The molecule has 1 aromatic heterocycles. The smallest absolute Gasteiger partial charge is 0.184 e. The van der Waals surface area contributed by atoms with E-state index in [1.165, 1.54) is 11.1 Å². The van der Waals surface area contributed by atoms with Crippen molar-refractivity contribution < 1.29 is 9.16 Å². The Hall–Kier alpha value is -2.16. The van der Waals surface area contributed by atoms with Crippen LogP contribution in [0.4, 0.5) is 0 Å². The summed E-state index contributed by atoms with van der Waals surface area (Å²) in [4.78, 5) is 4.68. The fourth-order valence-corrected chi connectivity index (χ4v) is 3.53. The normalized spacial score (nSPS) is 11.3. The third-order valence-electron chi connectivity index (χ3n) is 4.31. The van der Waals surface area contributed by atoms with Gasteiger partial charge < -0.3 is 9.16 Å². The van der Waals surface area contributed by atoms with Crippen molar-refractivity contribution >= 4 is 8.32 Å². The fourth-order valence-electron chi connectivity index (χ4n) is 2.95. The molecule has 0 bridgehead atoms. The van der Waals surface area contributed by atoms with Crippen LogP contribution in [0.2, 0.25) is 19.6 Å². The van der Waals surface area contributed by atoms with E-state index in [-0.39, 0.29) is 0 Å². The summed E-state index contributed by atoms with van der Waals surface area (Å²) in [6, 6.07) is 10.5. The van der Waals surface area contributed by atoms with Crippen LogP contribution in [0.1, 0.15) is 36.2 Å². The van der Waals surface area contributed by atoms with Gasteiger partial charge in [0, 0.05) is 11.6 Å². The number of aromatic nitrogens is 1. The van der Waals surface area contributed by atoms with Crippen molar-refractivity contribution in [1.29, 1.82) is 5.26 Å². The van der Waals surface area contributed by atoms with Gasteiger partial charge in [-0.2, -0.15) is 5.26 Å². The maximum Gasteiger partial charge on any atom is 0.184 e. The highest BCUT2D eigenvalue weighted by atomic mass is 28.4. The minimum Gasteiger partial charge on any atom is -0.496 e. The van der Waals surface area contributed by atoms with Crippen LogP contribution in [0.3, 0.4) is 0 Å². The lowest BCUT2D eigenvalue weighted by Crippen LogP contribution is -2.25. The number of rotatable bonds is 7. The zero-order valence-electron chi connectivity index (χ0n) is 16.6. The van der Waals surface area contributed by atoms with Gasteiger partial charge in [-0.1, -0.05) is 32.0 Å². The van der Waals surface area contributed by atoms with Crippen molar-refractivity contribution in [2.24, 2.45) is 0 Å². The molecule has 1 heterocycles. The SMILES string of the molecule is CCc1cccc(CC)c1-c1cc(OC)c(CO[Si](C)(C)C)c(C#N)n1. The third-order valence-corrected chi connectivity index (χ3v) is 5.32. The Bertz CT molecular complexity index is 798. The standard InChI is InChI=1S/C21H28N2O2Si/c1-7-15-10-9-11-16(8-2)21(15)18-12-20(24-3)17(19(13-22)23-18)14-25-26(4,5)6/h9-12H,7-8,14H2,1-6H3. The van der Waals surface area contributed by atoms with E-state index in [0.29, 0.717) is 18.1 Å². The first-order valence-corrected chi connectivity index (χ1v) is 12.5. The zero-order chi connectivity index (χ0) is 19.3. The van der Waals surface area contributed by atoms with E-state index in [0.717, 1.165) is 29.7 Å². The van der Waals surface area contributed by atoms with E-state index < -0.39 is 8.32 Å². The minimum absolute atomic E-state index is 0.352. The highest BCUT2D eigenvalue weighted by Gasteiger charge is 2.21. The molecule has 0 amide bonds. The van der Waals surface area contributed by atoms with Crippen molar-refractivity contribution in [3.8, 4) is 23.1 Å². The first-order chi connectivity index (χ1) is 12.3. The van der Waals surface area contributed by atoms with Crippen molar-refractivity contribution in [3.05, 3.63) is 46.6 Å². The molecule has 0 saturated carbocycles. The molecule has 138 valence electrons. The maximum atomic E-state index is 9.68. The topological polar surface area (TPSA) is 55.1 Å². The second-order valence-corrected chi connectivity index (χ2v) is 11.7. The fraction of sp³-hybridized carbons (Fsp3) is 0.429. The number of hydrogen-bond acceptors (Lipinski definition) is 4. The van der Waals surface area contributed by atoms with E-state index in [1.807, 2.05) is 6.07 Å². The molecule has 5 heteroatoms. The van der Waals surface area contributed by atoms with E-state index >= 15 is 0 Å². The Morgan fingerprint density at radius 3 is 2.19 bits per heavy atom. The second-order valence-electron chi connectivity index (χ2n) is 7.21. The number of ether oxygens (including phenoxy) is 1. The molecule has 0 aliphatic rings. The number of pyridine rings is 1. The molecule has 2 rings (SSSR count). The molecule has 0 fully saturated rings. The molecule has 26 heavy (non-hydrogen) atoms. The van der Waals surface area contributed by atoms with Crippen LogP contribution in [-0.4, -0.2) is 20.4 Å². The van der Waals surface area contributed by atoms with E-state index in [4.69, 9.17) is 9.16 Å². The monoisotopic (exact) mass is 368 g/mol. The highest BCUT2D eigenvalue weighted by molar-refractivity contribution is 6.69. The molecule has 0 aliphatic carbocycles. The zero-order valence-corrected chi connectivity index (χ0v) is 17.6. The summed E-state index contributed by atoms with van der Waals surface area (Å²) in [6.07, 6.45) is 1.82. The summed E-state index contributed by atoms with van der Waals surface area (Å²) in [6.45, 7) is 11.0. The number of hydrogen-bond donors (Lipinski definition) is 0. The quantitative estimate of drug-likeness (QED) is 0.638. The Labute approximate surface area is 157 Å². The molecule has 0 spiro atoms. The van der Waals surface area contributed by atoms with Crippen molar-refractivity contribution in [3.63, 3.8) is 0 Å². The number of methoxy groups -OCH3 is 1. The van der Waals surface area contributed by atoms with Crippen LogP contribution >= 0.6 is 0 Å². The molecular weight excluding hydrogens is 340 g/mol. The van der Waals surface area contributed by atoms with Gasteiger partial charge in [0.2, 0.25) is 0 Å². The maximum absolute atomic E-state index is 9.68. The molecule has 0 aliphatic heterocycles. The van der Waals surface area contributed by atoms with Gasteiger partial charge in [0.25, 0.3) is 0 Å². The van der Waals surface area contributed by atoms with Crippen molar-refractivity contribution in [2.75, 3.05) is 7.11 Å². The first kappa shape index (κ1) is 20.2. The van der Waals surface area contributed by atoms with Gasteiger partial charge in [0.05, 0.1) is 25.0 Å². The molecule has 4 nitrogen and oxygen atoms in total. The number of nitrogens with zero attached hydrogens (tertiary/aromatic N) is 2. The van der Waals surface area contributed by atoms with Crippen LogP contribution in [0.15, 0.2) is 24.3 Å². The lowest BCUT2D eigenvalue weighted by Gasteiger charge is -2.20. The molecule has 0 saturated heterocycles. The molecule has 0 atom stereocenters. The molecule has 1 aromatic carbocycles. The second kappa shape index (κ2) is 8.48. The van der Waals surface area contributed by atoms with Crippen molar-refractivity contribution in [2.45, 2.75) is 52.9 Å². The summed E-state index contributed by atoms with van der Waals surface area (Å²) >= 11 is 0. The Kier molecular flexibility index (Phi) is 6.57. The van der Waals surface area contributed by atoms with Crippen molar-refractivity contribution in [1.82, 2.24) is 4.98 Å². The Morgan fingerprint density at radius 2 is 1.73 bits per heavy atom. The predicted octanol–water partition coefficient (Wildman–Crippen LogP) is 5.11. The van der Waals surface area contributed by atoms with Crippen LogP contribution in [-0.2, 0) is 23.9 Å². The van der Waals surface area contributed by atoms with Crippen LogP contribution < -0.4 is 4.74 Å². The lowest BCUT2D eigenvalue weighted by molar-refractivity contribution is 0.289. The average Bonchev–Trinajstić information content (AvgIpc) is 2.64. The average molecular weight is 369 g/mol. The van der Waals surface area contributed by atoms with E-state index in [1.54, 1.807) is 7.11 Å². The van der Waals surface area contributed by atoms with Crippen LogP contribution in [0, 0.1) is 11.3 Å². The van der Waals surface area contributed by atoms with E-state index in [2.05, 4.69) is 62.7 Å². The molecular formula is C21H28N2O2Si. The number of benzene rings is 1. The minimum atomic E-state index is -1.71. The van der Waals surface area contributed by atoms with Gasteiger partial charge in [0.15, 0.2) is 8.32 Å². The highest BCUT2D eigenvalue weighted by Crippen LogP contribution is 2.33. The largest absolute Gasteiger partial charge is 0.496 e. The summed E-state index contributed by atoms with van der Waals surface area (Å²) in [7, 11) is -0.0814. The van der Waals surface area contributed by atoms with Gasteiger partial charge in [-0.05, 0) is 43.6 Å². The summed E-state index contributed by atoms with van der Waals surface area (Å²) in [5.41, 5.74) is 5.48. The van der Waals surface area contributed by atoms with Gasteiger partial charge in [-0.15, -0.1) is 0 Å². The summed E-state index contributed by atoms with van der Waals surface area (Å²) < 4.78 is 11.6. The van der Waals surface area contributed by atoms with Gasteiger partial charge in [0.1, 0.15) is 17.5 Å². The van der Waals surface area contributed by atoms with Gasteiger partial charge in [-0.25, -0.2) is 4.98 Å². The van der Waals surface area contributed by atoms with Crippen LogP contribution in [0.5, 0.6) is 5.75 Å². The Balaban J connectivity index is 2.62. The van der Waals surface area contributed by atoms with Crippen LogP contribution in [0.25, 0.3) is 11.3 Å². The van der Waals surface area contributed by atoms with Gasteiger partial charge in [-0.3, -0.25) is 0 Å². The molecule has 0 unspecified atom stereocenters. The third kappa shape index (κ3) is 4.51. The summed E-state index contributed by atoms with van der Waals surface area (Å²) in [5.74, 6) is 0.665. The van der Waals surface area contributed by atoms with Gasteiger partial charge >= 0.3 is 0 Å². The number of nitriles is 1. The molecule has 0 N–H and O–H groups in total. The summed E-state index contributed by atoms with van der Waals surface area (Å²) in [5, 5.41) is 9.68. The molecule has 2 aromatic rings. The molecule has 0 radical (unpaired) electrons. The predicted molar refractivity (Wildman–Crippen MR) is 108 cm³/mol. The lowest BCUT2D eigenvalue weighted by atomic mass is 9.94. The van der Waals surface area contributed by atoms with E-state index in [9.17, 15) is 5.26 Å².